The van der Waals surface area contributed by atoms with E-state index in [1.54, 1.807) is 18.2 Å². The smallest absolute Gasteiger partial charge is 0.265 e. The first-order valence-electron chi connectivity index (χ1n) is 10.1. The quantitative estimate of drug-likeness (QED) is 0.653. The summed E-state index contributed by atoms with van der Waals surface area (Å²) in [6.45, 7) is 6.48. The number of nitrogens with zero attached hydrogens (tertiary/aromatic N) is 1. The van der Waals surface area contributed by atoms with Gasteiger partial charge in [0, 0.05) is 6.54 Å². The van der Waals surface area contributed by atoms with Crippen LogP contribution in [0.25, 0.3) is 0 Å². The normalized spacial score (nSPS) is 15.3. The summed E-state index contributed by atoms with van der Waals surface area (Å²) >= 11 is 1.38. The van der Waals surface area contributed by atoms with E-state index in [1.807, 2.05) is 23.6 Å². The van der Waals surface area contributed by atoms with Crippen LogP contribution in [0.5, 0.6) is 0 Å². The average molecular weight is 400 g/mol. The number of carbonyl (C=O) groups excluding carboxylic acids is 2. The molecule has 1 saturated heterocycles. The number of unbranched alkanes of at least 4 members (excludes halogenated alkanes) is 1. The third kappa shape index (κ3) is 5.91. The topological polar surface area (TPSA) is 61.4 Å². The van der Waals surface area contributed by atoms with Crippen LogP contribution in [0.2, 0.25) is 0 Å². The number of piperidine rings is 1. The predicted molar refractivity (Wildman–Crippen MR) is 115 cm³/mol. The van der Waals surface area contributed by atoms with Gasteiger partial charge in [0.1, 0.15) is 0 Å². The zero-order chi connectivity index (χ0) is 19.8. The molecule has 0 radical (unpaired) electrons. The van der Waals surface area contributed by atoms with Gasteiger partial charge in [0.15, 0.2) is 0 Å². The summed E-state index contributed by atoms with van der Waals surface area (Å²) in [5, 5.41) is 7.69. The highest BCUT2D eigenvalue weighted by Crippen LogP contribution is 2.18. The van der Waals surface area contributed by atoms with Crippen molar-refractivity contribution >= 4 is 28.8 Å². The van der Waals surface area contributed by atoms with Gasteiger partial charge in [0.05, 0.1) is 16.1 Å². The molecule has 0 aliphatic carbocycles. The summed E-state index contributed by atoms with van der Waals surface area (Å²) in [5.74, 6) is 0.524. The molecule has 0 spiro atoms. The van der Waals surface area contributed by atoms with Crippen LogP contribution in [-0.4, -0.2) is 42.9 Å². The lowest BCUT2D eigenvalue weighted by Crippen LogP contribution is -2.34. The molecule has 150 valence electrons. The number of thiophene rings is 1. The molecule has 5 nitrogen and oxygen atoms in total. The van der Waals surface area contributed by atoms with Crippen LogP contribution in [0.4, 0.5) is 5.69 Å². The Labute approximate surface area is 171 Å². The Hall–Kier alpha value is -2.18. The molecule has 2 aromatic rings. The number of para-hydroxylation sites is 1. The summed E-state index contributed by atoms with van der Waals surface area (Å²) in [4.78, 5) is 28.0. The maximum absolute atomic E-state index is 12.6. The van der Waals surface area contributed by atoms with Gasteiger partial charge in [-0.05, 0) is 74.8 Å². The number of nitrogens with one attached hydrogen (secondary N) is 2. The highest BCUT2D eigenvalue weighted by atomic mass is 32.1. The van der Waals surface area contributed by atoms with Gasteiger partial charge in [-0.1, -0.05) is 25.1 Å². The zero-order valence-corrected chi connectivity index (χ0v) is 17.3. The number of hydrogen-bond donors (Lipinski definition) is 2. The molecule has 0 bridgehead atoms. The first-order valence-corrected chi connectivity index (χ1v) is 11.0. The van der Waals surface area contributed by atoms with Crippen LogP contribution in [0.3, 0.4) is 0 Å². The maximum Gasteiger partial charge on any atom is 0.265 e. The van der Waals surface area contributed by atoms with Crippen molar-refractivity contribution < 1.29 is 9.59 Å². The van der Waals surface area contributed by atoms with Gasteiger partial charge in [-0.3, -0.25) is 9.59 Å². The van der Waals surface area contributed by atoms with Crippen molar-refractivity contribution in [2.75, 3.05) is 31.5 Å². The molecule has 2 amide bonds. The third-order valence-electron chi connectivity index (χ3n) is 5.23. The van der Waals surface area contributed by atoms with E-state index in [-0.39, 0.29) is 11.8 Å². The van der Waals surface area contributed by atoms with E-state index in [2.05, 4.69) is 22.5 Å². The van der Waals surface area contributed by atoms with Crippen molar-refractivity contribution in [1.29, 1.82) is 0 Å². The van der Waals surface area contributed by atoms with Crippen LogP contribution in [0.1, 0.15) is 52.6 Å². The molecule has 0 unspecified atom stereocenters. The number of likely N-dealkylation sites (tertiary alicyclic amines) is 1. The number of carbonyl (C=O) groups is 2. The predicted octanol–water partition coefficient (Wildman–Crippen LogP) is 4.24. The molecule has 6 heteroatoms. The minimum absolute atomic E-state index is 0.145. The molecular weight excluding hydrogens is 370 g/mol. The fourth-order valence-electron chi connectivity index (χ4n) is 3.43. The van der Waals surface area contributed by atoms with Crippen LogP contribution < -0.4 is 10.6 Å². The van der Waals surface area contributed by atoms with Gasteiger partial charge in [-0.25, -0.2) is 0 Å². The van der Waals surface area contributed by atoms with Crippen LogP contribution in [0, 0.1) is 5.92 Å². The maximum atomic E-state index is 12.6. The Morgan fingerprint density at radius 2 is 1.86 bits per heavy atom. The monoisotopic (exact) mass is 399 g/mol. The SMILES string of the molecule is CC1CCN(CCCCNC(=O)c2ccccc2NC(=O)c2cccs2)CC1. The van der Waals surface area contributed by atoms with Crippen molar-refractivity contribution in [2.45, 2.75) is 32.6 Å². The first kappa shape index (κ1) is 20.6. The zero-order valence-electron chi connectivity index (χ0n) is 16.4. The Kier molecular flexibility index (Phi) is 7.62. The summed E-state index contributed by atoms with van der Waals surface area (Å²) in [6, 6.07) is 10.7. The molecule has 0 atom stereocenters. The lowest BCUT2D eigenvalue weighted by atomic mass is 9.99. The number of amides is 2. The molecule has 1 aromatic heterocycles. The van der Waals surface area contributed by atoms with Crippen LogP contribution in [0.15, 0.2) is 41.8 Å². The van der Waals surface area contributed by atoms with Crippen molar-refractivity contribution in [2.24, 2.45) is 5.92 Å². The number of benzene rings is 1. The highest BCUT2D eigenvalue weighted by Gasteiger charge is 2.16. The van der Waals surface area contributed by atoms with E-state index in [0.717, 1.165) is 25.3 Å². The van der Waals surface area contributed by atoms with E-state index < -0.39 is 0 Å². The van der Waals surface area contributed by atoms with Gasteiger partial charge < -0.3 is 15.5 Å². The summed E-state index contributed by atoms with van der Waals surface area (Å²) in [7, 11) is 0. The minimum atomic E-state index is -0.189. The Bertz CT molecular complexity index is 768. The minimum Gasteiger partial charge on any atom is -0.352 e. The number of anilines is 1. The van der Waals surface area contributed by atoms with Gasteiger partial charge in [-0.2, -0.15) is 0 Å². The van der Waals surface area contributed by atoms with Gasteiger partial charge in [-0.15, -0.1) is 11.3 Å². The summed E-state index contributed by atoms with van der Waals surface area (Å²) < 4.78 is 0. The van der Waals surface area contributed by atoms with Crippen molar-refractivity contribution in [3.8, 4) is 0 Å². The second-order valence-corrected chi connectivity index (χ2v) is 8.41. The molecule has 1 fully saturated rings. The van der Waals surface area contributed by atoms with Crippen molar-refractivity contribution in [3.63, 3.8) is 0 Å². The molecule has 0 saturated carbocycles. The summed E-state index contributed by atoms with van der Waals surface area (Å²) in [5.41, 5.74) is 1.04. The Balaban J connectivity index is 1.43. The molecular formula is C22H29N3O2S. The molecule has 28 heavy (non-hydrogen) atoms. The summed E-state index contributed by atoms with van der Waals surface area (Å²) in [6.07, 6.45) is 4.64. The molecule has 2 heterocycles. The average Bonchev–Trinajstić information content (AvgIpc) is 3.24. The Morgan fingerprint density at radius 1 is 1.07 bits per heavy atom. The van der Waals surface area contributed by atoms with Gasteiger partial charge in [0.2, 0.25) is 0 Å². The molecule has 1 aliphatic heterocycles. The highest BCUT2D eigenvalue weighted by molar-refractivity contribution is 7.12. The standard InChI is InChI=1S/C22H29N3O2S/c1-17-10-14-25(15-11-17)13-5-4-12-23-21(26)18-7-2-3-8-19(18)24-22(27)20-9-6-16-28-20/h2-3,6-9,16-17H,4-5,10-15H2,1H3,(H,23,26)(H,24,27). The van der Waals surface area contributed by atoms with E-state index in [4.69, 9.17) is 0 Å². The fraction of sp³-hybridized carbons (Fsp3) is 0.455. The lowest BCUT2D eigenvalue weighted by Gasteiger charge is -2.30. The molecule has 2 N–H and O–H groups in total. The second kappa shape index (κ2) is 10.4. The third-order valence-corrected chi connectivity index (χ3v) is 6.10. The van der Waals surface area contributed by atoms with Crippen molar-refractivity contribution in [3.05, 3.63) is 52.2 Å². The molecule has 3 rings (SSSR count). The lowest BCUT2D eigenvalue weighted by molar-refractivity contribution is 0.0953. The van der Waals surface area contributed by atoms with E-state index in [9.17, 15) is 9.59 Å². The molecule has 1 aliphatic rings. The second-order valence-electron chi connectivity index (χ2n) is 7.46. The van der Waals surface area contributed by atoms with E-state index in [0.29, 0.717) is 22.7 Å². The Morgan fingerprint density at radius 3 is 2.61 bits per heavy atom. The molecule has 1 aromatic carbocycles. The van der Waals surface area contributed by atoms with Gasteiger partial charge >= 0.3 is 0 Å². The van der Waals surface area contributed by atoms with Crippen LogP contribution >= 0.6 is 11.3 Å². The first-order chi connectivity index (χ1) is 13.6. The number of rotatable bonds is 8. The largest absolute Gasteiger partial charge is 0.352 e. The van der Waals surface area contributed by atoms with Gasteiger partial charge in [0.25, 0.3) is 11.8 Å². The van der Waals surface area contributed by atoms with E-state index >= 15 is 0 Å². The fourth-order valence-corrected chi connectivity index (χ4v) is 4.04. The number of hydrogen-bond acceptors (Lipinski definition) is 4. The van der Waals surface area contributed by atoms with Crippen molar-refractivity contribution in [1.82, 2.24) is 10.2 Å². The van der Waals surface area contributed by atoms with Crippen LogP contribution in [-0.2, 0) is 0 Å². The van der Waals surface area contributed by atoms with E-state index in [1.165, 1.54) is 37.3 Å².